The molecule has 0 radical (unpaired) electrons. The van der Waals surface area contributed by atoms with E-state index in [4.69, 9.17) is 14.2 Å². The van der Waals surface area contributed by atoms with Crippen LogP contribution in [0.25, 0.3) is 0 Å². The maximum absolute atomic E-state index is 11.5. The molecule has 0 aromatic carbocycles. The summed E-state index contributed by atoms with van der Waals surface area (Å²) in [6, 6.07) is 0. The lowest BCUT2D eigenvalue weighted by Crippen LogP contribution is -2.24. The van der Waals surface area contributed by atoms with Crippen molar-refractivity contribution in [2.75, 3.05) is 76.2 Å². The van der Waals surface area contributed by atoms with Crippen LogP contribution in [0.2, 0.25) is 0 Å². The molecule has 0 heterocycles. The molecule has 0 unspecified atom stereocenters. The number of rotatable bonds is 19. The smallest absolute Gasteiger partial charge is 0.306 e. The second-order valence-electron chi connectivity index (χ2n) is 5.27. The summed E-state index contributed by atoms with van der Waals surface area (Å²) in [5.74, 6) is 3.28. The van der Waals surface area contributed by atoms with Crippen LogP contribution >= 0.6 is 23.5 Å². The molecule has 0 spiro atoms. The van der Waals surface area contributed by atoms with Gasteiger partial charge in [-0.25, -0.2) is 0 Å². The van der Waals surface area contributed by atoms with Crippen molar-refractivity contribution >= 4 is 35.8 Å². The average Bonchev–Trinajstić information content (AvgIpc) is 2.61. The Morgan fingerprint density at radius 3 is 2.20 bits per heavy atom. The second-order valence-corrected chi connectivity index (χ2v) is 7.72. The second kappa shape index (κ2) is 20.0. The largest absolute Gasteiger partial charge is 0.464 e. The van der Waals surface area contributed by atoms with Crippen LogP contribution in [0.5, 0.6) is 0 Å². The van der Waals surface area contributed by atoms with Crippen LogP contribution in [-0.4, -0.2) is 93.3 Å². The van der Waals surface area contributed by atoms with Crippen LogP contribution in [0.4, 0.5) is 0 Å². The quantitative estimate of drug-likeness (QED) is 0.187. The number of carbonyl (C=O) groups excluding carboxylic acids is 2. The molecule has 0 fully saturated rings. The number of ether oxygens (including phenoxy) is 3. The summed E-state index contributed by atoms with van der Waals surface area (Å²) in [4.78, 5) is 23.7. The number of hydrogen-bond donors (Lipinski definition) is 0. The number of esters is 1. The molecule has 0 aliphatic rings. The molecular weight excluding hydrogens is 362 g/mol. The molecule has 0 amide bonds. The number of likely N-dealkylation sites (N-methyl/N-ethyl adjacent to an activating group) is 1. The third-order valence-electron chi connectivity index (χ3n) is 3.22. The van der Waals surface area contributed by atoms with Gasteiger partial charge in [-0.3, -0.25) is 4.79 Å². The third-order valence-corrected chi connectivity index (χ3v) is 5.15. The molecule has 0 aromatic heterocycles. The van der Waals surface area contributed by atoms with Crippen LogP contribution < -0.4 is 0 Å². The van der Waals surface area contributed by atoms with Gasteiger partial charge in [0.05, 0.1) is 32.8 Å². The van der Waals surface area contributed by atoms with Crippen molar-refractivity contribution in [2.24, 2.45) is 0 Å². The first-order valence-electron chi connectivity index (χ1n) is 8.79. The van der Waals surface area contributed by atoms with E-state index < -0.39 is 0 Å². The Hall–Kier alpha value is -0.280. The van der Waals surface area contributed by atoms with Gasteiger partial charge in [-0.05, 0) is 19.3 Å². The number of thioether (sulfide) groups is 2. The van der Waals surface area contributed by atoms with Crippen molar-refractivity contribution in [3.63, 3.8) is 0 Å². The number of aldehydes is 1. The van der Waals surface area contributed by atoms with Gasteiger partial charge < -0.3 is 23.9 Å². The lowest BCUT2D eigenvalue weighted by atomic mass is 10.5. The number of nitrogens with zero attached hydrogens (tertiary/aromatic N) is 1. The van der Waals surface area contributed by atoms with E-state index in [2.05, 4.69) is 11.8 Å². The maximum Gasteiger partial charge on any atom is 0.306 e. The molecule has 0 saturated carbocycles. The summed E-state index contributed by atoms with van der Waals surface area (Å²) in [5, 5.41) is 0. The highest BCUT2D eigenvalue weighted by Gasteiger charge is 2.03. The molecule has 0 rings (SSSR count). The van der Waals surface area contributed by atoms with Crippen molar-refractivity contribution in [1.29, 1.82) is 0 Å². The minimum absolute atomic E-state index is 0.127. The van der Waals surface area contributed by atoms with Crippen LogP contribution in [0, 0.1) is 0 Å². The predicted molar refractivity (Wildman–Crippen MR) is 106 cm³/mol. The summed E-state index contributed by atoms with van der Waals surface area (Å²) < 4.78 is 16.1. The molecule has 0 bridgehead atoms. The van der Waals surface area contributed by atoms with E-state index in [-0.39, 0.29) is 5.97 Å². The lowest BCUT2D eigenvalue weighted by molar-refractivity contribution is -0.143. The van der Waals surface area contributed by atoms with Gasteiger partial charge in [-0.2, -0.15) is 23.5 Å². The van der Waals surface area contributed by atoms with Gasteiger partial charge >= 0.3 is 5.97 Å². The summed E-state index contributed by atoms with van der Waals surface area (Å²) in [6.07, 6.45) is 2.00. The van der Waals surface area contributed by atoms with Crippen molar-refractivity contribution in [2.45, 2.75) is 19.8 Å². The van der Waals surface area contributed by atoms with Crippen molar-refractivity contribution in [3.8, 4) is 0 Å². The highest BCUT2D eigenvalue weighted by atomic mass is 32.2. The van der Waals surface area contributed by atoms with E-state index in [9.17, 15) is 9.59 Å². The molecule has 6 nitrogen and oxygen atoms in total. The Kier molecular flexibility index (Phi) is 19.8. The molecule has 0 saturated heterocycles. The topological polar surface area (TPSA) is 65.1 Å². The van der Waals surface area contributed by atoms with Gasteiger partial charge in [0.25, 0.3) is 0 Å². The lowest BCUT2D eigenvalue weighted by Gasteiger charge is -2.13. The monoisotopic (exact) mass is 395 g/mol. The zero-order chi connectivity index (χ0) is 18.6. The van der Waals surface area contributed by atoms with Gasteiger partial charge in [-0.1, -0.05) is 6.92 Å². The third kappa shape index (κ3) is 19.9. The highest BCUT2D eigenvalue weighted by Crippen LogP contribution is 2.03. The zero-order valence-corrected chi connectivity index (χ0v) is 17.2. The Bertz CT molecular complexity index is 321. The fraction of sp³-hybridized carbons (Fsp3) is 0.882. The Labute approximate surface area is 160 Å². The minimum Gasteiger partial charge on any atom is -0.464 e. The standard InChI is InChI=1S/C17H33NO5S2/c1-3-18(2)6-8-23-17(20)5-14-25-16-12-22-10-9-21-11-15-24-13-4-7-19/h7H,3-6,8-16H2,1-2H3. The summed E-state index contributed by atoms with van der Waals surface area (Å²) >= 11 is 3.42. The van der Waals surface area contributed by atoms with Crippen molar-refractivity contribution in [1.82, 2.24) is 4.90 Å². The zero-order valence-electron chi connectivity index (χ0n) is 15.6. The first kappa shape index (κ1) is 24.7. The minimum atomic E-state index is -0.127. The van der Waals surface area contributed by atoms with Crippen molar-refractivity contribution < 1.29 is 23.8 Å². The molecule has 0 aromatic rings. The number of carbonyl (C=O) groups is 2. The van der Waals surface area contributed by atoms with E-state index in [1.54, 1.807) is 23.5 Å². The van der Waals surface area contributed by atoms with Gasteiger partial charge in [0, 0.05) is 30.2 Å². The van der Waals surface area contributed by atoms with E-state index in [1.165, 1.54) is 0 Å². The van der Waals surface area contributed by atoms with E-state index in [0.29, 0.717) is 45.9 Å². The fourth-order valence-electron chi connectivity index (χ4n) is 1.59. The highest BCUT2D eigenvalue weighted by molar-refractivity contribution is 7.99. The van der Waals surface area contributed by atoms with Gasteiger partial charge in [0.15, 0.2) is 0 Å². The molecule has 0 N–H and O–H groups in total. The summed E-state index contributed by atoms with van der Waals surface area (Å²) in [6.45, 7) is 6.82. The molecule has 0 aliphatic carbocycles. The molecule has 0 atom stereocenters. The summed E-state index contributed by atoms with van der Waals surface area (Å²) in [5.41, 5.74) is 0. The first-order chi connectivity index (χ1) is 12.2. The van der Waals surface area contributed by atoms with Crippen LogP contribution in [0.15, 0.2) is 0 Å². The Balaban J connectivity index is 3.15. The molecular formula is C17H33NO5S2. The maximum atomic E-state index is 11.5. The first-order valence-corrected chi connectivity index (χ1v) is 11.1. The number of hydrogen-bond acceptors (Lipinski definition) is 8. The van der Waals surface area contributed by atoms with Gasteiger partial charge in [-0.15, -0.1) is 0 Å². The van der Waals surface area contributed by atoms with E-state index >= 15 is 0 Å². The van der Waals surface area contributed by atoms with Crippen molar-refractivity contribution in [3.05, 3.63) is 0 Å². The van der Waals surface area contributed by atoms with Crippen LogP contribution in [-0.2, 0) is 23.8 Å². The predicted octanol–water partition coefficient (Wildman–Crippen LogP) is 1.96. The average molecular weight is 396 g/mol. The van der Waals surface area contributed by atoms with E-state index in [1.807, 2.05) is 7.05 Å². The molecule has 25 heavy (non-hydrogen) atoms. The summed E-state index contributed by atoms with van der Waals surface area (Å²) in [7, 11) is 2.00. The van der Waals surface area contributed by atoms with Gasteiger partial charge in [0.2, 0.25) is 0 Å². The molecule has 0 aliphatic heterocycles. The van der Waals surface area contributed by atoms with Crippen LogP contribution in [0.3, 0.4) is 0 Å². The Morgan fingerprint density at radius 1 is 0.960 bits per heavy atom. The molecule has 148 valence electrons. The molecule has 8 heteroatoms. The van der Waals surface area contributed by atoms with Gasteiger partial charge in [0.1, 0.15) is 12.9 Å². The fourth-order valence-corrected chi connectivity index (χ4v) is 3.05. The van der Waals surface area contributed by atoms with E-state index in [0.717, 1.165) is 42.4 Å². The Morgan fingerprint density at radius 2 is 1.60 bits per heavy atom. The normalized spacial score (nSPS) is 11.0. The van der Waals surface area contributed by atoms with Crippen LogP contribution in [0.1, 0.15) is 19.8 Å². The SMILES string of the molecule is CCN(C)CCOC(=O)CCSCCOCCOCCSCCC=O.